The van der Waals surface area contributed by atoms with E-state index in [0.717, 1.165) is 0 Å². The van der Waals surface area contributed by atoms with Crippen LogP contribution in [-0.2, 0) is 9.47 Å². The van der Waals surface area contributed by atoms with Gasteiger partial charge in [0.25, 0.3) is 0 Å². The number of hydrogen-bond acceptors (Lipinski definition) is 2. The number of ether oxygens (including phenoxy) is 2. The molecule has 0 heterocycles. The van der Waals surface area contributed by atoms with Gasteiger partial charge in [-0.25, -0.2) is 0 Å². The van der Waals surface area contributed by atoms with Crippen LogP contribution in [0.3, 0.4) is 0 Å². The molecule has 0 fully saturated rings. The Hall–Kier alpha value is 0.452. The normalized spacial score (nSPS) is 13.0. The lowest BCUT2D eigenvalue weighted by atomic mass is 10.4. The van der Waals surface area contributed by atoms with Crippen molar-refractivity contribution in [1.29, 1.82) is 0 Å². The van der Waals surface area contributed by atoms with E-state index in [1.165, 1.54) is 0 Å². The van der Waals surface area contributed by atoms with E-state index in [9.17, 15) is 0 Å². The molecule has 0 aromatic carbocycles. The van der Waals surface area contributed by atoms with Crippen LogP contribution in [0.4, 0.5) is 0 Å². The third-order valence-electron chi connectivity index (χ3n) is 0.939. The molecular formula is C8H17AlO2. The van der Waals surface area contributed by atoms with Gasteiger partial charge >= 0.3 is 0 Å². The first-order chi connectivity index (χ1) is 4.83. The topological polar surface area (TPSA) is 18.5 Å². The second kappa shape index (κ2) is 4.47. The van der Waals surface area contributed by atoms with E-state index in [1.807, 2.05) is 34.6 Å². The second-order valence-corrected chi connectivity index (χ2v) is 4.40. The summed E-state index contributed by atoms with van der Waals surface area (Å²) in [6.45, 7) is 9.87. The van der Waals surface area contributed by atoms with Crippen molar-refractivity contribution in [2.24, 2.45) is 0 Å². The fourth-order valence-corrected chi connectivity index (χ4v) is 1.51. The smallest absolute Gasteiger partial charge is 0.225 e. The van der Waals surface area contributed by atoms with E-state index in [4.69, 9.17) is 9.47 Å². The molecule has 0 amide bonds. The maximum absolute atomic E-state index is 5.49. The summed E-state index contributed by atoms with van der Waals surface area (Å²) >= 11 is 2.56. The van der Waals surface area contributed by atoms with Crippen LogP contribution in [0.2, 0.25) is 0 Å². The van der Waals surface area contributed by atoms with Gasteiger partial charge in [0.05, 0.1) is 16.9 Å². The Morgan fingerprint density at radius 2 is 1.27 bits per heavy atom. The predicted molar refractivity (Wildman–Crippen MR) is 46.6 cm³/mol. The van der Waals surface area contributed by atoms with Gasteiger partial charge in [-0.15, -0.1) is 0 Å². The van der Waals surface area contributed by atoms with E-state index in [2.05, 4.69) is 16.3 Å². The Labute approximate surface area is 77.7 Å². The first-order valence-electron chi connectivity index (χ1n) is 3.98. The van der Waals surface area contributed by atoms with Gasteiger partial charge in [0.2, 0.25) is 16.3 Å². The average Bonchev–Trinajstić information content (AvgIpc) is 1.53. The van der Waals surface area contributed by atoms with Crippen LogP contribution < -0.4 is 0 Å². The Balaban J connectivity index is 3.79. The van der Waals surface area contributed by atoms with Gasteiger partial charge in [0.15, 0.2) is 0 Å². The number of rotatable bonds is 4. The SMILES string of the molecule is CC(C)O[C](C)([Al])OC(C)C. The van der Waals surface area contributed by atoms with Gasteiger partial charge in [0, 0.05) is 0 Å². The molecule has 2 nitrogen and oxygen atoms in total. The minimum absolute atomic E-state index is 0.191. The van der Waals surface area contributed by atoms with Crippen LogP contribution in [0.1, 0.15) is 34.6 Å². The lowest BCUT2D eigenvalue weighted by Crippen LogP contribution is -2.37. The summed E-state index contributed by atoms with van der Waals surface area (Å²) in [5.41, 5.74) is 0. The fourth-order valence-electron chi connectivity index (χ4n) is 0.964. The Morgan fingerprint density at radius 3 is 1.45 bits per heavy atom. The minimum Gasteiger partial charge on any atom is -0.365 e. The lowest BCUT2D eigenvalue weighted by molar-refractivity contribution is -0.203. The Morgan fingerprint density at radius 1 is 1.00 bits per heavy atom. The van der Waals surface area contributed by atoms with Crippen LogP contribution in [0.15, 0.2) is 0 Å². The maximum Gasteiger partial charge on any atom is 0.225 e. The molecule has 2 radical (unpaired) electrons. The van der Waals surface area contributed by atoms with Crippen molar-refractivity contribution in [1.82, 2.24) is 0 Å². The van der Waals surface area contributed by atoms with E-state index >= 15 is 0 Å². The molecule has 0 unspecified atom stereocenters. The molecule has 0 aliphatic carbocycles. The Bertz CT molecular complexity index is 98.7. The highest BCUT2D eigenvalue weighted by molar-refractivity contribution is 6.13. The molecule has 0 aliphatic heterocycles. The summed E-state index contributed by atoms with van der Waals surface area (Å²) in [6, 6.07) is 0. The van der Waals surface area contributed by atoms with Crippen molar-refractivity contribution in [2.75, 3.05) is 0 Å². The molecule has 0 rings (SSSR count). The molecule has 0 bridgehead atoms. The van der Waals surface area contributed by atoms with Crippen molar-refractivity contribution in [2.45, 2.75) is 51.5 Å². The molecular weight excluding hydrogens is 155 g/mol. The standard InChI is InChI=1S/C8H17O2.Al/c1-6(2)9-8(5)10-7(3)4;/h6-7H,1-5H3;. The molecule has 64 valence electrons. The molecule has 3 heteroatoms. The van der Waals surface area contributed by atoms with Crippen LogP contribution >= 0.6 is 0 Å². The second-order valence-electron chi connectivity index (χ2n) is 3.35. The van der Waals surface area contributed by atoms with Gasteiger partial charge in [0.1, 0.15) is 0 Å². The van der Waals surface area contributed by atoms with Crippen molar-refractivity contribution >= 4 is 16.3 Å². The molecule has 0 saturated carbocycles. The molecule has 0 aromatic heterocycles. The van der Waals surface area contributed by atoms with Crippen LogP contribution in [0.25, 0.3) is 0 Å². The van der Waals surface area contributed by atoms with Crippen molar-refractivity contribution in [3.63, 3.8) is 0 Å². The zero-order chi connectivity index (χ0) is 9.07. The van der Waals surface area contributed by atoms with Crippen LogP contribution in [0.5, 0.6) is 0 Å². The van der Waals surface area contributed by atoms with Gasteiger partial charge in [-0.2, -0.15) is 0 Å². The van der Waals surface area contributed by atoms with Crippen LogP contribution in [-0.4, -0.2) is 33.1 Å². The lowest BCUT2D eigenvalue weighted by Gasteiger charge is -2.32. The van der Waals surface area contributed by atoms with Crippen LogP contribution in [0, 0.1) is 0 Å². The van der Waals surface area contributed by atoms with E-state index < -0.39 is 4.65 Å². The van der Waals surface area contributed by atoms with Gasteiger partial charge < -0.3 is 9.47 Å². The highest BCUT2D eigenvalue weighted by atomic mass is 27.0. The largest absolute Gasteiger partial charge is 0.365 e. The molecule has 0 spiro atoms. The number of hydrogen-bond donors (Lipinski definition) is 0. The molecule has 11 heavy (non-hydrogen) atoms. The molecule has 0 aromatic rings. The van der Waals surface area contributed by atoms with Gasteiger partial charge in [-0.1, -0.05) is 0 Å². The minimum atomic E-state index is -0.539. The first kappa shape index (κ1) is 11.5. The molecule has 0 saturated heterocycles. The summed E-state index contributed by atoms with van der Waals surface area (Å²) in [7, 11) is 0. The summed E-state index contributed by atoms with van der Waals surface area (Å²) in [6.07, 6.45) is 0.382. The first-order valence-corrected chi connectivity index (χ1v) is 4.56. The fraction of sp³-hybridized carbons (Fsp3) is 1.00. The van der Waals surface area contributed by atoms with Crippen molar-refractivity contribution < 1.29 is 9.47 Å². The zero-order valence-corrected chi connectivity index (χ0v) is 9.20. The maximum atomic E-state index is 5.49. The summed E-state index contributed by atoms with van der Waals surface area (Å²) in [5, 5.41) is 0. The van der Waals surface area contributed by atoms with Crippen molar-refractivity contribution in [3.8, 4) is 0 Å². The summed E-state index contributed by atoms with van der Waals surface area (Å²) in [5.74, 6) is 0. The third kappa shape index (κ3) is 6.84. The van der Waals surface area contributed by atoms with E-state index in [1.54, 1.807) is 0 Å². The summed E-state index contributed by atoms with van der Waals surface area (Å²) < 4.78 is 10.4. The molecule has 0 N–H and O–H groups in total. The highest BCUT2D eigenvalue weighted by Gasteiger charge is 2.19. The van der Waals surface area contributed by atoms with E-state index in [-0.39, 0.29) is 12.2 Å². The third-order valence-corrected chi connectivity index (χ3v) is 1.21. The van der Waals surface area contributed by atoms with E-state index in [0.29, 0.717) is 0 Å². The predicted octanol–water partition coefficient (Wildman–Crippen LogP) is 1.68. The zero-order valence-electron chi connectivity index (χ0n) is 8.05. The van der Waals surface area contributed by atoms with Gasteiger partial charge in [-0.3, -0.25) is 0 Å². The Kier molecular flexibility index (Phi) is 4.66. The monoisotopic (exact) mass is 172 g/mol. The molecule has 0 atom stereocenters. The quantitative estimate of drug-likeness (QED) is 0.474. The summed E-state index contributed by atoms with van der Waals surface area (Å²) in [4.78, 5) is 0. The average molecular weight is 172 g/mol. The van der Waals surface area contributed by atoms with Gasteiger partial charge in [-0.05, 0) is 34.6 Å². The highest BCUT2D eigenvalue weighted by Crippen LogP contribution is 2.12. The molecule has 0 aliphatic rings. The van der Waals surface area contributed by atoms with Crippen molar-refractivity contribution in [3.05, 3.63) is 0 Å².